The lowest BCUT2D eigenvalue weighted by atomic mass is 10.2. The molecule has 0 atom stereocenters. The van der Waals surface area contributed by atoms with Crippen LogP contribution in [-0.2, 0) is 0 Å². The SMILES string of the molecule is CCCCCNc1cc(C(=O)Nc2ccc(C)cc2)ccn1. The van der Waals surface area contributed by atoms with E-state index in [1.165, 1.54) is 18.4 Å². The molecule has 2 N–H and O–H groups in total. The Morgan fingerprint density at radius 2 is 1.91 bits per heavy atom. The van der Waals surface area contributed by atoms with E-state index in [9.17, 15) is 4.79 Å². The van der Waals surface area contributed by atoms with Gasteiger partial charge in [0.05, 0.1) is 0 Å². The van der Waals surface area contributed by atoms with E-state index in [0.717, 1.165) is 24.5 Å². The van der Waals surface area contributed by atoms with Gasteiger partial charge in [0, 0.05) is 24.0 Å². The Hall–Kier alpha value is -2.36. The van der Waals surface area contributed by atoms with E-state index in [0.29, 0.717) is 5.56 Å². The molecule has 4 heteroatoms. The maximum absolute atomic E-state index is 12.3. The second kappa shape index (κ2) is 8.17. The molecule has 1 amide bonds. The van der Waals surface area contributed by atoms with Crippen molar-refractivity contribution < 1.29 is 4.79 Å². The summed E-state index contributed by atoms with van der Waals surface area (Å²) in [4.78, 5) is 16.5. The Kier molecular flexibility index (Phi) is 5.95. The normalized spacial score (nSPS) is 10.3. The molecule has 1 heterocycles. The van der Waals surface area contributed by atoms with Gasteiger partial charge in [-0.1, -0.05) is 37.5 Å². The molecule has 1 aromatic carbocycles. The largest absolute Gasteiger partial charge is 0.370 e. The molecule has 0 saturated carbocycles. The van der Waals surface area contributed by atoms with Gasteiger partial charge >= 0.3 is 0 Å². The van der Waals surface area contributed by atoms with Crippen molar-refractivity contribution in [1.82, 2.24) is 4.98 Å². The number of hydrogen-bond donors (Lipinski definition) is 2. The Balaban J connectivity index is 1.96. The summed E-state index contributed by atoms with van der Waals surface area (Å²) in [6.07, 6.45) is 5.15. The third-order valence-electron chi connectivity index (χ3n) is 3.42. The number of carbonyl (C=O) groups is 1. The van der Waals surface area contributed by atoms with Crippen LogP contribution in [0.3, 0.4) is 0 Å². The fraction of sp³-hybridized carbons (Fsp3) is 0.333. The highest BCUT2D eigenvalue weighted by Gasteiger charge is 2.07. The van der Waals surface area contributed by atoms with Crippen molar-refractivity contribution in [1.29, 1.82) is 0 Å². The van der Waals surface area contributed by atoms with Crippen LogP contribution in [0.25, 0.3) is 0 Å². The van der Waals surface area contributed by atoms with Crippen LogP contribution in [0.4, 0.5) is 11.5 Å². The Labute approximate surface area is 132 Å². The molecular formula is C18H23N3O. The molecule has 4 nitrogen and oxygen atoms in total. The van der Waals surface area contributed by atoms with Gasteiger partial charge in [-0.2, -0.15) is 0 Å². The number of amides is 1. The number of unbranched alkanes of at least 4 members (excludes halogenated alkanes) is 2. The number of anilines is 2. The van der Waals surface area contributed by atoms with E-state index in [2.05, 4.69) is 22.5 Å². The predicted molar refractivity (Wildman–Crippen MR) is 91.4 cm³/mol. The second-order valence-electron chi connectivity index (χ2n) is 5.38. The molecule has 0 saturated heterocycles. The van der Waals surface area contributed by atoms with Crippen LogP contribution in [-0.4, -0.2) is 17.4 Å². The first-order valence-electron chi connectivity index (χ1n) is 7.77. The van der Waals surface area contributed by atoms with Crippen molar-refractivity contribution >= 4 is 17.4 Å². The molecule has 22 heavy (non-hydrogen) atoms. The van der Waals surface area contributed by atoms with Gasteiger partial charge in [-0.05, 0) is 37.6 Å². The van der Waals surface area contributed by atoms with Crippen LogP contribution in [0.15, 0.2) is 42.6 Å². The molecular weight excluding hydrogens is 274 g/mol. The van der Waals surface area contributed by atoms with Crippen molar-refractivity contribution in [3.8, 4) is 0 Å². The monoisotopic (exact) mass is 297 g/mol. The summed E-state index contributed by atoms with van der Waals surface area (Å²) in [5.41, 5.74) is 2.57. The molecule has 1 aromatic heterocycles. The van der Waals surface area contributed by atoms with E-state index >= 15 is 0 Å². The number of nitrogens with one attached hydrogen (secondary N) is 2. The minimum Gasteiger partial charge on any atom is -0.370 e. The van der Waals surface area contributed by atoms with E-state index in [1.54, 1.807) is 18.3 Å². The van der Waals surface area contributed by atoms with Crippen LogP contribution in [0.2, 0.25) is 0 Å². The van der Waals surface area contributed by atoms with E-state index in [4.69, 9.17) is 0 Å². The van der Waals surface area contributed by atoms with E-state index in [1.807, 2.05) is 31.2 Å². The fourth-order valence-corrected chi connectivity index (χ4v) is 2.10. The maximum atomic E-state index is 12.3. The lowest BCUT2D eigenvalue weighted by molar-refractivity contribution is 0.102. The van der Waals surface area contributed by atoms with Gasteiger partial charge in [0.1, 0.15) is 5.82 Å². The lowest BCUT2D eigenvalue weighted by Crippen LogP contribution is -2.13. The van der Waals surface area contributed by atoms with Crippen molar-refractivity contribution in [2.24, 2.45) is 0 Å². The van der Waals surface area contributed by atoms with Crippen molar-refractivity contribution in [3.05, 3.63) is 53.7 Å². The zero-order chi connectivity index (χ0) is 15.8. The third kappa shape index (κ3) is 4.88. The summed E-state index contributed by atoms with van der Waals surface area (Å²) in [6.45, 7) is 5.07. The highest BCUT2D eigenvalue weighted by atomic mass is 16.1. The molecule has 2 aromatic rings. The Bertz CT molecular complexity index is 608. The quantitative estimate of drug-likeness (QED) is 0.751. The number of pyridine rings is 1. The molecule has 0 aliphatic carbocycles. The first-order valence-corrected chi connectivity index (χ1v) is 7.77. The molecule has 2 rings (SSSR count). The second-order valence-corrected chi connectivity index (χ2v) is 5.38. The summed E-state index contributed by atoms with van der Waals surface area (Å²) in [5.74, 6) is 0.621. The molecule has 0 spiro atoms. The molecule has 0 aliphatic heterocycles. The number of nitrogens with zero attached hydrogens (tertiary/aromatic N) is 1. The molecule has 0 aliphatic rings. The van der Waals surface area contributed by atoms with Crippen LogP contribution in [0.5, 0.6) is 0 Å². The summed E-state index contributed by atoms with van der Waals surface area (Å²) >= 11 is 0. The van der Waals surface area contributed by atoms with Gasteiger partial charge in [0.2, 0.25) is 0 Å². The Morgan fingerprint density at radius 1 is 1.14 bits per heavy atom. The van der Waals surface area contributed by atoms with Gasteiger partial charge in [-0.25, -0.2) is 4.98 Å². The van der Waals surface area contributed by atoms with Crippen LogP contribution < -0.4 is 10.6 Å². The third-order valence-corrected chi connectivity index (χ3v) is 3.42. The van der Waals surface area contributed by atoms with Crippen molar-refractivity contribution in [2.45, 2.75) is 33.1 Å². The molecule has 116 valence electrons. The van der Waals surface area contributed by atoms with Gasteiger partial charge in [0.15, 0.2) is 0 Å². The number of aryl methyl sites for hydroxylation is 1. The van der Waals surface area contributed by atoms with Crippen molar-refractivity contribution in [3.63, 3.8) is 0 Å². The van der Waals surface area contributed by atoms with E-state index < -0.39 is 0 Å². The summed E-state index contributed by atoms with van der Waals surface area (Å²) < 4.78 is 0. The summed E-state index contributed by atoms with van der Waals surface area (Å²) in [7, 11) is 0. The topological polar surface area (TPSA) is 54.0 Å². The zero-order valence-electron chi connectivity index (χ0n) is 13.2. The van der Waals surface area contributed by atoms with Gasteiger partial charge < -0.3 is 10.6 Å². The Morgan fingerprint density at radius 3 is 2.64 bits per heavy atom. The first-order chi connectivity index (χ1) is 10.7. The standard InChI is InChI=1S/C18H23N3O/c1-3-4-5-11-19-17-13-15(10-12-20-17)18(22)21-16-8-6-14(2)7-9-16/h6-10,12-13H,3-5,11H2,1-2H3,(H,19,20)(H,21,22). The molecule has 0 unspecified atom stereocenters. The van der Waals surface area contributed by atoms with Gasteiger partial charge in [0.25, 0.3) is 5.91 Å². The summed E-state index contributed by atoms with van der Waals surface area (Å²) in [5, 5.41) is 6.15. The number of hydrogen-bond acceptors (Lipinski definition) is 3. The molecule has 0 radical (unpaired) electrons. The van der Waals surface area contributed by atoms with E-state index in [-0.39, 0.29) is 5.91 Å². The number of benzene rings is 1. The number of aromatic nitrogens is 1. The predicted octanol–water partition coefficient (Wildman–Crippen LogP) is 4.24. The lowest BCUT2D eigenvalue weighted by Gasteiger charge is -2.08. The molecule has 0 fully saturated rings. The maximum Gasteiger partial charge on any atom is 0.255 e. The molecule has 0 bridgehead atoms. The van der Waals surface area contributed by atoms with Crippen LogP contribution >= 0.6 is 0 Å². The van der Waals surface area contributed by atoms with Crippen LogP contribution in [0.1, 0.15) is 42.1 Å². The highest BCUT2D eigenvalue weighted by molar-refractivity contribution is 6.04. The van der Waals surface area contributed by atoms with Gasteiger partial charge in [-0.3, -0.25) is 4.79 Å². The minimum atomic E-state index is -0.122. The van der Waals surface area contributed by atoms with Gasteiger partial charge in [-0.15, -0.1) is 0 Å². The highest BCUT2D eigenvalue weighted by Crippen LogP contribution is 2.12. The average molecular weight is 297 g/mol. The number of carbonyl (C=O) groups excluding carboxylic acids is 1. The van der Waals surface area contributed by atoms with Crippen molar-refractivity contribution in [2.75, 3.05) is 17.2 Å². The minimum absolute atomic E-state index is 0.122. The smallest absolute Gasteiger partial charge is 0.255 e. The average Bonchev–Trinajstić information content (AvgIpc) is 2.54. The summed E-state index contributed by atoms with van der Waals surface area (Å²) in [6, 6.07) is 11.3. The van der Waals surface area contributed by atoms with Crippen LogP contribution in [0, 0.1) is 6.92 Å². The first kappa shape index (κ1) is 16.0. The zero-order valence-corrected chi connectivity index (χ0v) is 13.2. The fourth-order valence-electron chi connectivity index (χ4n) is 2.10. The number of rotatable bonds is 7.